The highest BCUT2D eigenvalue weighted by Gasteiger charge is 2.01. The number of rotatable bonds is 1. The zero-order valence-corrected chi connectivity index (χ0v) is 5.60. The summed E-state index contributed by atoms with van der Waals surface area (Å²) in [7, 11) is 0. The summed E-state index contributed by atoms with van der Waals surface area (Å²) in [4.78, 5) is 10.2. The number of hydrogen-bond acceptors (Lipinski definition) is 1. The molecule has 0 heterocycles. The smallest absolute Gasteiger partial charge is 0.153 e. The number of aldehydes is 1. The lowest BCUT2D eigenvalue weighted by atomic mass is 10.1. The average Bonchev–Trinajstić information content (AvgIpc) is 1.88. The Kier molecular flexibility index (Phi) is 1.81. The second kappa shape index (κ2) is 2.60. The van der Waals surface area contributed by atoms with Gasteiger partial charge in [0.05, 0.1) is 5.56 Å². The summed E-state index contributed by atoms with van der Waals surface area (Å²) in [5.74, 6) is -0.449. The van der Waals surface area contributed by atoms with E-state index in [2.05, 4.69) is 0 Å². The highest BCUT2D eigenvalue weighted by Crippen LogP contribution is 2.08. The third kappa shape index (κ3) is 1.05. The van der Waals surface area contributed by atoms with Crippen molar-refractivity contribution < 1.29 is 9.18 Å². The van der Waals surface area contributed by atoms with Gasteiger partial charge in [0.25, 0.3) is 0 Å². The van der Waals surface area contributed by atoms with Crippen LogP contribution in [0.1, 0.15) is 15.9 Å². The molecule has 0 unspecified atom stereocenters. The Morgan fingerprint density at radius 1 is 1.50 bits per heavy atom. The number of halogens is 1. The van der Waals surface area contributed by atoms with Gasteiger partial charge in [0.2, 0.25) is 0 Å². The molecule has 1 aromatic carbocycles. The molecule has 1 rings (SSSR count). The Bertz CT molecular complexity index is 235. The van der Waals surface area contributed by atoms with Gasteiger partial charge in [-0.15, -0.1) is 0 Å². The molecule has 0 saturated carbocycles. The van der Waals surface area contributed by atoms with Crippen LogP contribution in [-0.4, -0.2) is 6.29 Å². The predicted molar refractivity (Wildman–Crippen MR) is 36.5 cm³/mol. The van der Waals surface area contributed by atoms with Crippen molar-refractivity contribution in [2.24, 2.45) is 0 Å². The van der Waals surface area contributed by atoms with Crippen LogP contribution in [0.5, 0.6) is 0 Å². The minimum atomic E-state index is -0.449. The third-order valence-electron chi connectivity index (χ3n) is 1.39. The summed E-state index contributed by atoms with van der Waals surface area (Å²) in [6.45, 7) is 1.70. The maximum Gasteiger partial charge on any atom is 0.153 e. The molecule has 0 saturated heterocycles. The molecular formula is C8H7FO. The molecule has 0 aromatic heterocycles. The number of benzene rings is 1. The average molecular weight is 138 g/mol. The number of aryl methyl sites for hydroxylation is 1. The van der Waals surface area contributed by atoms with Crippen molar-refractivity contribution in [2.45, 2.75) is 6.92 Å². The Hall–Kier alpha value is -1.18. The highest BCUT2D eigenvalue weighted by molar-refractivity contribution is 5.77. The Labute approximate surface area is 58.5 Å². The first kappa shape index (κ1) is 6.93. The van der Waals surface area contributed by atoms with Crippen molar-refractivity contribution in [3.63, 3.8) is 0 Å². The summed E-state index contributed by atoms with van der Waals surface area (Å²) >= 11 is 0. The van der Waals surface area contributed by atoms with E-state index in [0.29, 0.717) is 11.8 Å². The molecule has 0 aliphatic rings. The molecule has 0 N–H and O–H groups in total. The number of carbonyl (C=O) groups is 1. The number of carbonyl (C=O) groups excluding carboxylic acids is 1. The normalized spacial score (nSPS) is 9.40. The molecule has 0 radical (unpaired) electrons. The molecular weight excluding hydrogens is 131 g/mol. The van der Waals surface area contributed by atoms with E-state index < -0.39 is 5.82 Å². The molecule has 0 amide bonds. The molecule has 52 valence electrons. The van der Waals surface area contributed by atoms with Crippen molar-refractivity contribution in [2.75, 3.05) is 0 Å². The van der Waals surface area contributed by atoms with Gasteiger partial charge in [0, 0.05) is 0 Å². The Morgan fingerprint density at radius 2 is 2.20 bits per heavy atom. The van der Waals surface area contributed by atoms with E-state index in [-0.39, 0.29) is 5.56 Å². The van der Waals surface area contributed by atoms with Gasteiger partial charge in [-0.25, -0.2) is 4.39 Å². The van der Waals surface area contributed by atoms with E-state index in [1.807, 2.05) is 0 Å². The lowest BCUT2D eigenvalue weighted by Crippen LogP contribution is -1.90. The minimum Gasteiger partial charge on any atom is -0.298 e. The number of hydrogen-bond donors (Lipinski definition) is 0. The highest BCUT2D eigenvalue weighted by atomic mass is 19.1. The molecule has 1 aromatic rings. The molecule has 2 heteroatoms. The van der Waals surface area contributed by atoms with Gasteiger partial charge < -0.3 is 0 Å². The van der Waals surface area contributed by atoms with Gasteiger partial charge in [-0.1, -0.05) is 12.1 Å². The van der Waals surface area contributed by atoms with Crippen molar-refractivity contribution in [3.05, 3.63) is 35.1 Å². The fourth-order valence-corrected chi connectivity index (χ4v) is 0.794. The molecule has 0 fully saturated rings. The third-order valence-corrected chi connectivity index (χ3v) is 1.39. The molecule has 0 aliphatic heterocycles. The van der Waals surface area contributed by atoms with Gasteiger partial charge in [0.1, 0.15) is 5.82 Å². The van der Waals surface area contributed by atoms with Crippen LogP contribution < -0.4 is 0 Å². The van der Waals surface area contributed by atoms with Crippen molar-refractivity contribution in [3.8, 4) is 0 Å². The van der Waals surface area contributed by atoms with Crippen LogP contribution in [0.4, 0.5) is 4.39 Å². The monoisotopic (exact) mass is 138 g/mol. The van der Waals surface area contributed by atoms with E-state index >= 15 is 0 Å². The zero-order chi connectivity index (χ0) is 7.56. The lowest BCUT2D eigenvalue weighted by molar-refractivity contribution is 0.111. The van der Waals surface area contributed by atoms with Crippen molar-refractivity contribution >= 4 is 6.29 Å². The maximum absolute atomic E-state index is 12.6. The second-order valence-corrected chi connectivity index (χ2v) is 2.09. The van der Waals surface area contributed by atoms with E-state index in [1.54, 1.807) is 19.1 Å². The van der Waals surface area contributed by atoms with Crippen LogP contribution in [0.2, 0.25) is 0 Å². The Morgan fingerprint density at radius 3 is 2.60 bits per heavy atom. The van der Waals surface area contributed by atoms with Gasteiger partial charge in [-0.2, -0.15) is 0 Å². The summed E-state index contributed by atoms with van der Waals surface area (Å²) in [5, 5.41) is 0. The van der Waals surface area contributed by atoms with Crippen LogP contribution >= 0.6 is 0 Å². The summed E-state index contributed by atoms with van der Waals surface area (Å²) in [6.07, 6.45) is 0.532. The van der Waals surface area contributed by atoms with Crippen LogP contribution in [-0.2, 0) is 0 Å². The van der Waals surface area contributed by atoms with Gasteiger partial charge >= 0.3 is 0 Å². The van der Waals surface area contributed by atoms with Crippen molar-refractivity contribution in [1.29, 1.82) is 0 Å². The molecule has 0 bridgehead atoms. The maximum atomic E-state index is 12.6. The first-order valence-electron chi connectivity index (χ1n) is 2.96. The quantitative estimate of drug-likeness (QED) is 0.542. The molecule has 0 aliphatic carbocycles. The largest absolute Gasteiger partial charge is 0.298 e. The van der Waals surface area contributed by atoms with Crippen LogP contribution in [0.3, 0.4) is 0 Å². The van der Waals surface area contributed by atoms with E-state index in [4.69, 9.17) is 0 Å². The van der Waals surface area contributed by atoms with Gasteiger partial charge in [0.15, 0.2) is 6.29 Å². The molecule has 0 spiro atoms. The first-order chi connectivity index (χ1) is 4.75. The fraction of sp³-hybridized carbons (Fsp3) is 0.125. The van der Waals surface area contributed by atoms with Crippen LogP contribution in [0, 0.1) is 12.7 Å². The fourth-order valence-electron chi connectivity index (χ4n) is 0.794. The van der Waals surface area contributed by atoms with Gasteiger partial charge in [-0.3, -0.25) is 4.79 Å². The zero-order valence-electron chi connectivity index (χ0n) is 5.60. The molecule has 0 atom stereocenters. The minimum absolute atomic E-state index is 0.155. The van der Waals surface area contributed by atoms with E-state index in [1.165, 1.54) is 6.07 Å². The van der Waals surface area contributed by atoms with E-state index in [9.17, 15) is 9.18 Å². The summed E-state index contributed by atoms with van der Waals surface area (Å²) in [6, 6.07) is 4.56. The molecule has 1 nitrogen and oxygen atoms in total. The van der Waals surface area contributed by atoms with Gasteiger partial charge in [-0.05, 0) is 18.6 Å². The lowest BCUT2D eigenvalue weighted by Gasteiger charge is -1.96. The predicted octanol–water partition coefficient (Wildman–Crippen LogP) is 1.95. The summed E-state index contributed by atoms with van der Waals surface area (Å²) in [5.41, 5.74) is 0.831. The molecule has 10 heavy (non-hydrogen) atoms. The topological polar surface area (TPSA) is 17.1 Å². The Balaban J connectivity index is 3.30. The van der Waals surface area contributed by atoms with Crippen molar-refractivity contribution in [1.82, 2.24) is 0 Å². The second-order valence-electron chi connectivity index (χ2n) is 2.09. The van der Waals surface area contributed by atoms with E-state index in [0.717, 1.165) is 0 Å². The summed E-state index contributed by atoms with van der Waals surface area (Å²) < 4.78 is 12.6. The standard InChI is InChI=1S/C8H7FO/c1-6-3-2-4-8(9)7(6)5-10/h2-5H,1H3. The first-order valence-corrected chi connectivity index (χ1v) is 2.96. The van der Waals surface area contributed by atoms with Crippen LogP contribution in [0.15, 0.2) is 18.2 Å². The van der Waals surface area contributed by atoms with Crippen LogP contribution in [0.25, 0.3) is 0 Å². The SMILES string of the molecule is Cc1cccc(F)c1C=O.